The predicted molar refractivity (Wildman–Crippen MR) is 125 cm³/mol. The van der Waals surface area contributed by atoms with Gasteiger partial charge in [-0.1, -0.05) is 42.5 Å². The second-order valence-corrected chi connectivity index (χ2v) is 8.42. The Kier molecular flexibility index (Phi) is 8.28. The van der Waals surface area contributed by atoms with Crippen molar-refractivity contribution in [3.8, 4) is 5.75 Å². The quantitative estimate of drug-likeness (QED) is 0.598. The van der Waals surface area contributed by atoms with Gasteiger partial charge in [0, 0.05) is 13.2 Å². The van der Waals surface area contributed by atoms with Crippen LogP contribution in [0.25, 0.3) is 6.08 Å². The molecule has 0 aromatic heterocycles. The van der Waals surface area contributed by atoms with Crippen LogP contribution in [0.1, 0.15) is 25.0 Å². The van der Waals surface area contributed by atoms with Crippen molar-refractivity contribution in [2.45, 2.75) is 32.5 Å². The molecule has 0 bridgehead atoms. The molecule has 3 rings (SSSR count). The first kappa shape index (κ1) is 23.1. The van der Waals surface area contributed by atoms with Gasteiger partial charge >= 0.3 is 0 Å². The number of hydrogen-bond acceptors (Lipinski definition) is 6. The monoisotopic (exact) mass is 440 g/mol. The third kappa shape index (κ3) is 6.43. The fourth-order valence-corrected chi connectivity index (χ4v) is 4.04. The van der Waals surface area contributed by atoms with E-state index in [-0.39, 0.29) is 31.3 Å². The highest BCUT2D eigenvalue weighted by Crippen LogP contribution is 2.34. The molecule has 1 saturated heterocycles. The fraction of sp³-hybridized carbons (Fsp3) is 0.333. The Morgan fingerprint density at radius 1 is 1.13 bits per heavy atom. The molecule has 2 aromatic rings. The van der Waals surface area contributed by atoms with Crippen molar-refractivity contribution in [3.05, 3.63) is 70.6 Å². The molecule has 2 aromatic carbocycles. The number of amides is 1. The Morgan fingerprint density at radius 3 is 2.45 bits per heavy atom. The van der Waals surface area contributed by atoms with Crippen molar-refractivity contribution in [1.29, 1.82) is 0 Å². The van der Waals surface area contributed by atoms with E-state index < -0.39 is 0 Å². The van der Waals surface area contributed by atoms with E-state index in [1.54, 1.807) is 4.90 Å². The number of aliphatic hydroxyl groups is 1. The maximum Gasteiger partial charge on any atom is 0.267 e. The first-order valence-corrected chi connectivity index (χ1v) is 11.0. The molecule has 1 heterocycles. The Morgan fingerprint density at radius 2 is 1.84 bits per heavy atom. The second kappa shape index (κ2) is 11.1. The molecule has 31 heavy (non-hydrogen) atoms. The van der Waals surface area contributed by atoms with E-state index in [0.717, 1.165) is 16.3 Å². The normalized spacial score (nSPS) is 17.7. The molecule has 1 unspecified atom stereocenters. The summed E-state index contributed by atoms with van der Waals surface area (Å²) < 4.78 is 10.7. The summed E-state index contributed by atoms with van der Waals surface area (Å²) >= 11 is 1.41. The summed E-state index contributed by atoms with van der Waals surface area (Å²) in [6, 6.07) is 17.5. The van der Waals surface area contributed by atoms with E-state index in [1.807, 2.05) is 74.5 Å². The number of benzene rings is 2. The number of thioether (sulfide) groups is 1. The second-order valence-electron chi connectivity index (χ2n) is 7.41. The number of amidine groups is 1. The zero-order valence-electron chi connectivity index (χ0n) is 18.0. The van der Waals surface area contributed by atoms with Crippen LogP contribution in [0.4, 0.5) is 0 Å². The van der Waals surface area contributed by atoms with Crippen LogP contribution in [0.3, 0.4) is 0 Å². The van der Waals surface area contributed by atoms with Gasteiger partial charge in [-0.25, -0.2) is 0 Å². The number of aliphatic imine (C=N–C) groups is 1. The van der Waals surface area contributed by atoms with Gasteiger partial charge in [-0.15, -0.1) is 0 Å². The summed E-state index contributed by atoms with van der Waals surface area (Å²) in [6.07, 6.45) is 1.52. The predicted octanol–water partition coefficient (Wildman–Crippen LogP) is 3.95. The van der Waals surface area contributed by atoms with E-state index >= 15 is 0 Å². The van der Waals surface area contributed by atoms with Gasteiger partial charge in [-0.3, -0.25) is 14.7 Å². The molecule has 1 amide bonds. The van der Waals surface area contributed by atoms with Crippen LogP contribution in [-0.2, 0) is 16.1 Å². The highest BCUT2D eigenvalue weighted by molar-refractivity contribution is 8.18. The Bertz CT molecular complexity index is 922. The van der Waals surface area contributed by atoms with Crippen molar-refractivity contribution in [1.82, 2.24) is 4.90 Å². The summed E-state index contributed by atoms with van der Waals surface area (Å²) in [6.45, 7) is 4.67. The van der Waals surface area contributed by atoms with Gasteiger partial charge in [0.15, 0.2) is 5.17 Å². The number of methoxy groups -OCH3 is 1. The summed E-state index contributed by atoms with van der Waals surface area (Å²) in [5, 5.41) is 9.89. The highest BCUT2D eigenvalue weighted by Gasteiger charge is 2.33. The minimum absolute atomic E-state index is 0.0422. The molecule has 0 aliphatic carbocycles. The lowest BCUT2D eigenvalue weighted by atomic mass is 10.2. The minimum Gasteiger partial charge on any atom is -0.491 e. The number of aliphatic hydroxyl groups excluding tert-OH is 1. The van der Waals surface area contributed by atoms with Crippen molar-refractivity contribution in [2.24, 2.45) is 4.99 Å². The third-order valence-electron chi connectivity index (χ3n) is 4.59. The Labute approximate surface area is 187 Å². The molecular formula is C24H28N2O4S. The summed E-state index contributed by atoms with van der Waals surface area (Å²) in [7, 11) is 1.54. The van der Waals surface area contributed by atoms with Crippen molar-refractivity contribution in [3.63, 3.8) is 0 Å². The van der Waals surface area contributed by atoms with E-state index in [1.165, 1.54) is 18.9 Å². The maximum atomic E-state index is 13.1. The summed E-state index contributed by atoms with van der Waals surface area (Å²) in [4.78, 5) is 20.2. The first-order valence-electron chi connectivity index (χ1n) is 10.2. The zero-order chi connectivity index (χ0) is 22.2. The molecule has 164 valence electrons. The van der Waals surface area contributed by atoms with Gasteiger partial charge in [-0.2, -0.15) is 0 Å². The van der Waals surface area contributed by atoms with E-state index in [9.17, 15) is 4.79 Å². The van der Waals surface area contributed by atoms with Gasteiger partial charge in [-0.05, 0) is 54.9 Å². The minimum atomic E-state index is -0.358. The molecule has 0 saturated carbocycles. The molecule has 1 aliphatic heterocycles. The van der Waals surface area contributed by atoms with Gasteiger partial charge < -0.3 is 14.6 Å². The maximum absolute atomic E-state index is 13.1. The highest BCUT2D eigenvalue weighted by atomic mass is 32.2. The van der Waals surface area contributed by atoms with Gasteiger partial charge in [0.1, 0.15) is 18.5 Å². The number of carbonyl (C=O) groups excluding carboxylic acids is 1. The number of rotatable bonds is 9. The third-order valence-corrected chi connectivity index (χ3v) is 5.61. The summed E-state index contributed by atoms with van der Waals surface area (Å²) in [5.41, 5.74) is 1.96. The first-order chi connectivity index (χ1) is 15.0. The van der Waals surface area contributed by atoms with Crippen LogP contribution in [0, 0.1) is 0 Å². The molecule has 0 radical (unpaired) electrons. The molecule has 6 nitrogen and oxygen atoms in total. The number of carbonyl (C=O) groups is 1. The molecule has 0 spiro atoms. The molecule has 1 fully saturated rings. The zero-order valence-corrected chi connectivity index (χ0v) is 18.8. The van der Waals surface area contributed by atoms with Crippen LogP contribution < -0.4 is 4.74 Å². The van der Waals surface area contributed by atoms with Crippen LogP contribution in [-0.4, -0.2) is 53.6 Å². The van der Waals surface area contributed by atoms with Crippen molar-refractivity contribution < 1.29 is 19.4 Å². The van der Waals surface area contributed by atoms with Crippen LogP contribution in [0.5, 0.6) is 5.75 Å². The molecule has 1 aliphatic rings. The van der Waals surface area contributed by atoms with E-state index in [0.29, 0.717) is 17.2 Å². The molecule has 1 N–H and O–H groups in total. The van der Waals surface area contributed by atoms with Gasteiger partial charge in [0.2, 0.25) is 0 Å². The van der Waals surface area contributed by atoms with Gasteiger partial charge in [0.25, 0.3) is 5.91 Å². The van der Waals surface area contributed by atoms with Crippen molar-refractivity contribution in [2.75, 3.05) is 20.3 Å². The van der Waals surface area contributed by atoms with Gasteiger partial charge in [0.05, 0.1) is 18.1 Å². The molecule has 7 heteroatoms. The Balaban J connectivity index is 1.74. The van der Waals surface area contributed by atoms with Crippen LogP contribution >= 0.6 is 11.8 Å². The summed E-state index contributed by atoms with van der Waals surface area (Å²) in [5.74, 6) is 0.635. The standard InChI is InChI=1S/C24H28N2O4S/c1-17(2)25-24-26(14-19-7-5-4-6-8-19)23(28)22(31-24)13-18-9-11-20(12-10-18)30-16-21(15-27)29-3/h4-13,17,21,27H,14-16H2,1-3H3/b22-13-,25-24?. The lowest BCUT2D eigenvalue weighted by Gasteiger charge is -2.16. The molecular weight excluding hydrogens is 412 g/mol. The number of ether oxygens (including phenoxy) is 2. The molecule has 1 atom stereocenters. The van der Waals surface area contributed by atoms with Crippen LogP contribution in [0.2, 0.25) is 0 Å². The van der Waals surface area contributed by atoms with E-state index in [4.69, 9.17) is 14.6 Å². The van der Waals surface area contributed by atoms with Crippen molar-refractivity contribution >= 4 is 28.9 Å². The smallest absolute Gasteiger partial charge is 0.267 e. The lowest BCUT2D eigenvalue weighted by Crippen LogP contribution is -2.29. The van der Waals surface area contributed by atoms with Crippen LogP contribution in [0.15, 0.2) is 64.5 Å². The SMILES string of the molecule is COC(CO)COc1ccc(/C=C2\SC(=NC(C)C)N(Cc3ccccc3)C2=O)cc1. The lowest BCUT2D eigenvalue weighted by molar-refractivity contribution is -0.122. The average Bonchev–Trinajstić information content (AvgIpc) is 3.04. The Hall–Kier alpha value is -2.61. The number of hydrogen-bond donors (Lipinski definition) is 1. The number of nitrogens with zero attached hydrogens (tertiary/aromatic N) is 2. The average molecular weight is 441 g/mol. The topological polar surface area (TPSA) is 71.4 Å². The largest absolute Gasteiger partial charge is 0.491 e. The fourth-order valence-electron chi connectivity index (χ4n) is 2.93. The van der Waals surface area contributed by atoms with E-state index in [2.05, 4.69) is 4.99 Å².